The van der Waals surface area contributed by atoms with Gasteiger partial charge in [-0.05, 0) is 51.6 Å². The molecule has 2 aliphatic rings. The second-order valence-corrected chi connectivity index (χ2v) is 10.5. The first kappa shape index (κ1) is 24.5. The number of anilines is 2. The van der Waals surface area contributed by atoms with Crippen LogP contribution in [0.25, 0.3) is 0 Å². The van der Waals surface area contributed by atoms with Gasteiger partial charge in [-0.1, -0.05) is 13.8 Å². The Labute approximate surface area is 191 Å². The molecule has 2 amide bonds. The van der Waals surface area contributed by atoms with Gasteiger partial charge < -0.3 is 15.1 Å². The Morgan fingerprint density at radius 2 is 1.88 bits per heavy atom. The molecule has 1 fully saturated rings. The predicted octanol–water partition coefficient (Wildman–Crippen LogP) is 1.10. The van der Waals surface area contributed by atoms with Gasteiger partial charge in [0.15, 0.2) is 0 Å². The van der Waals surface area contributed by atoms with Crippen LogP contribution in [0.5, 0.6) is 0 Å². The highest BCUT2D eigenvalue weighted by molar-refractivity contribution is 7.89. The van der Waals surface area contributed by atoms with E-state index in [4.69, 9.17) is 0 Å². The number of carbonyl (C=O) groups excluding carboxylic acids is 2. The van der Waals surface area contributed by atoms with Gasteiger partial charge in [0.25, 0.3) is 0 Å². The monoisotopic (exact) mass is 465 g/mol. The highest BCUT2D eigenvalue weighted by Crippen LogP contribution is 2.40. The largest absolute Gasteiger partial charge is 0.358 e. The molecule has 0 aromatic heterocycles. The maximum atomic E-state index is 13.4. The Bertz CT molecular complexity index is 946. The fraction of sp³-hybridized carbons (Fsp3) is 0.636. The molecule has 0 radical (unpaired) electrons. The van der Waals surface area contributed by atoms with Crippen LogP contribution in [0.3, 0.4) is 0 Å². The van der Waals surface area contributed by atoms with Crippen LogP contribution in [0.4, 0.5) is 11.4 Å². The Morgan fingerprint density at radius 1 is 1.16 bits per heavy atom. The average Bonchev–Trinajstić information content (AvgIpc) is 2.76. The minimum atomic E-state index is -3.69. The van der Waals surface area contributed by atoms with Crippen LogP contribution in [-0.4, -0.2) is 88.8 Å². The third kappa shape index (κ3) is 4.92. The number of amides is 2. The molecule has 1 aromatic carbocycles. The molecule has 1 N–H and O–H groups in total. The quantitative estimate of drug-likeness (QED) is 0.587. The van der Waals surface area contributed by atoms with Gasteiger partial charge in [-0.25, -0.2) is 8.42 Å². The molecule has 2 aliphatic heterocycles. The van der Waals surface area contributed by atoms with E-state index in [9.17, 15) is 18.0 Å². The van der Waals surface area contributed by atoms with E-state index in [1.54, 1.807) is 32.0 Å². The van der Waals surface area contributed by atoms with Gasteiger partial charge in [-0.3, -0.25) is 14.5 Å². The number of hydrogen-bond acceptors (Lipinski definition) is 6. The zero-order valence-electron chi connectivity index (χ0n) is 19.5. The van der Waals surface area contributed by atoms with E-state index in [1.807, 2.05) is 19.0 Å². The fourth-order valence-electron chi connectivity index (χ4n) is 4.39. The van der Waals surface area contributed by atoms with Crippen molar-refractivity contribution in [1.29, 1.82) is 0 Å². The lowest BCUT2D eigenvalue weighted by Gasteiger charge is -2.45. The SMILES string of the molecule is CCN(CC)S(=O)(=O)c1ccc2c(c1)N(CC(=O)NCCN(C)C)C(=O)[C@@H]1CCCCN21. The van der Waals surface area contributed by atoms with Crippen molar-refractivity contribution < 1.29 is 18.0 Å². The summed E-state index contributed by atoms with van der Waals surface area (Å²) in [6.45, 7) is 6.11. The van der Waals surface area contributed by atoms with Crippen molar-refractivity contribution in [3.63, 3.8) is 0 Å². The summed E-state index contributed by atoms with van der Waals surface area (Å²) >= 11 is 0. The van der Waals surface area contributed by atoms with Gasteiger partial charge in [0, 0.05) is 32.7 Å². The highest BCUT2D eigenvalue weighted by atomic mass is 32.2. The molecule has 3 rings (SSSR count). The molecule has 2 heterocycles. The number of piperidine rings is 1. The topological polar surface area (TPSA) is 93.3 Å². The minimum absolute atomic E-state index is 0.127. The standard InChI is InChI=1S/C22H35N5O4S/c1-5-25(6-2)32(30,31)17-10-11-18-20(15-17)27(16-21(28)23-12-14-24(3)4)22(29)19-9-7-8-13-26(18)19/h10-11,15,19H,5-9,12-14,16H2,1-4H3,(H,23,28)/t19-/m0/s1. The number of fused-ring (bicyclic) bond motifs is 3. The normalized spacial score (nSPS) is 18.7. The zero-order valence-corrected chi connectivity index (χ0v) is 20.3. The number of sulfonamides is 1. The van der Waals surface area contributed by atoms with Crippen LogP contribution in [0.1, 0.15) is 33.1 Å². The van der Waals surface area contributed by atoms with E-state index in [2.05, 4.69) is 10.2 Å². The third-order valence-electron chi connectivity index (χ3n) is 6.13. The molecule has 9 nitrogen and oxygen atoms in total. The zero-order chi connectivity index (χ0) is 23.5. The smallest absolute Gasteiger partial charge is 0.250 e. The Hall–Kier alpha value is -2.17. The molecule has 1 aromatic rings. The van der Waals surface area contributed by atoms with E-state index < -0.39 is 10.0 Å². The second-order valence-electron chi connectivity index (χ2n) is 8.52. The van der Waals surface area contributed by atoms with Crippen LogP contribution < -0.4 is 15.1 Å². The second kappa shape index (κ2) is 10.2. The van der Waals surface area contributed by atoms with E-state index >= 15 is 0 Å². The van der Waals surface area contributed by atoms with Crippen molar-refractivity contribution in [2.24, 2.45) is 0 Å². The predicted molar refractivity (Wildman–Crippen MR) is 125 cm³/mol. The van der Waals surface area contributed by atoms with E-state index in [0.717, 1.165) is 31.5 Å². The van der Waals surface area contributed by atoms with Gasteiger partial charge in [-0.15, -0.1) is 0 Å². The minimum Gasteiger partial charge on any atom is -0.358 e. The van der Waals surface area contributed by atoms with E-state index in [0.29, 0.717) is 31.9 Å². The summed E-state index contributed by atoms with van der Waals surface area (Å²) in [5, 5.41) is 2.85. The average molecular weight is 466 g/mol. The molecule has 0 aliphatic carbocycles. The fourth-order valence-corrected chi connectivity index (χ4v) is 5.87. The first-order valence-electron chi connectivity index (χ1n) is 11.3. The maximum absolute atomic E-state index is 13.4. The Morgan fingerprint density at radius 3 is 2.53 bits per heavy atom. The van der Waals surface area contributed by atoms with Crippen molar-refractivity contribution in [3.05, 3.63) is 18.2 Å². The Balaban J connectivity index is 1.97. The van der Waals surface area contributed by atoms with Gasteiger partial charge in [0.1, 0.15) is 12.6 Å². The number of hydrogen-bond donors (Lipinski definition) is 1. The van der Waals surface area contributed by atoms with Crippen LogP contribution in [0.15, 0.2) is 23.1 Å². The van der Waals surface area contributed by atoms with Crippen molar-refractivity contribution in [3.8, 4) is 0 Å². The molecule has 1 atom stereocenters. The lowest BCUT2D eigenvalue weighted by molar-refractivity contribution is -0.125. The molecule has 10 heteroatoms. The number of nitrogens with zero attached hydrogens (tertiary/aromatic N) is 4. The summed E-state index contributed by atoms with van der Waals surface area (Å²) < 4.78 is 27.6. The summed E-state index contributed by atoms with van der Waals surface area (Å²) in [5.74, 6) is -0.398. The summed E-state index contributed by atoms with van der Waals surface area (Å²) in [6.07, 6.45) is 2.67. The molecular weight excluding hydrogens is 430 g/mol. The van der Waals surface area contributed by atoms with Crippen molar-refractivity contribution in [2.45, 2.75) is 44.0 Å². The highest BCUT2D eigenvalue weighted by Gasteiger charge is 2.40. The third-order valence-corrected chi connectivity index (χ3v) is 8.17. The van der Waals surface area contributed by atoms with Gasteiger partial charge in [0.2, 0.25) is 21.8 Å². The molecule has 0 unspecified atom stereocenters. The first-order valence-corrected chi connectivity index (χ1v) is 12.8. The van der Waals surface area contributed by atoms with E-state index in [1.165, 1.54) is 9.21 Å². The summed E-state index contributed by atoms with van der Waals surface area (Å²) in [5.41, 5.74) is 1.30. The number of benzene rings is 1. The van der Waals surface area contributed by atoms with Crippen molar-refractivity contribution in [2.75, 3.05) is 63.2 Å². The maximum Gasteiger partial charge on any atom is 0.250 e. The van der Waals surface area contributed by atoms with Gasteiger partial charge in [-0.2, -0.15) is 4.31 Å². The summed E-state index contributed by atoms with van der Waals surface area (Å²) in [6, 6.07) is 4.64. The molecule has 1 saturated heterocycles. The van der Waals surface area contributed by atoms with Crippen molar-refractivity contribution >= 4 is 33.2 Å². The number of rotatable bonds is 9. The molecular formula is C22H35N5O4S. The number of nitrogens with one attached hydrogen (secondary N) is 1. The molecule has 0 spiro atoms. The van der Waals surface area contributed by atoms with Gasteiger partial charge >= 0.3 is 0 Å². The number of likely N-dealkylation sites (N-methyl/N-ethyl adjacent to an activating group) is 1. The molecule has 0 bridgehead atoms. The summed E-state index contributed by atoms with van der Waals surface area (Å²) in [7, 11) is 0.159. The Kier molecular flexibility index (Phi) is 7.79. The summed E-state index contributed by atoms with van der Waals surface area (Å²) in [4.78, 5) is 31.6. The number of carbonyl (C=O) groups is 2. The van der Waals surface area contributed by atoms with Crippen LogP contribution in [-0.2, 0) is 19.6 Å². The van der Waals surface area contributed by atoms with Crippen LogP contribution in [0, 0.1) is 0 Å². The van der Waals surface area contributed by atoms with Crippen molar-refractivity contribution in [1.82, 2.24) is 14.5 Å². The first-order chi connectivity index (χ1) is 15.2. The van der Waals surface area contributed by atoms with Gasteiger partial charge in [0.05, 0.1) is 16.3 Å². The van der Waals surface area contributed by atoms with E-state index in [-0.39, 0.29) is 29.3 Å². The molecule has 0 saturated carbocycles. The molecule has 32 heavy (non-hydrogen) atoms. The molecule has 178 valence electrons. The lowest BCUT2D eigenvalue weighted by atomic mass is 9.96. The lowest BCUT2D eigenvalue weighted by Crippen LogP contribution is -2.57. The van der Waals surface area contributed by atoms with Crippen LogP contribution in [0.2, 0.25) is 0 Å². The van der Waals surface area contributed by atoms with Crippen LogP contribution >= 0.6 is 0 Å².